The van der Waals surface area contributed by atoms with Gasteiger partial charge in [0.05, 0.1) is 0 Å². The molecule has 0 bridgehead atoms. The van der Waals surface area contributed by atoms with Gasteiger partial charge in [0.25, 0.3) is 0 Å². The SMILES string of the molecule is C=C(C)C(C)(C)C(=O)CC(C)C. The van der Waals surface area contributed by atoms with Gasteiger partial charge in [-0.3, -0.25) is 4.79 Å². The summed E-state index contributed by atoms with van der Waals surface area (Å²) >= 11 is 0. The standard InChI is InChI=1S/C11H20O/c1-8(2)7-10(12)11(5,6)9(3)4/h8H,3,7H2,1-2,4-6H3. The van der Waals surface area contributed by atoms with Crippen LogP contribution in [-0.4, -0.2) is 5.78 Å². The number of hydrogen-bond donors (Lipinski definition) is 0. The predicted molar refractivity (Wildman–Crippen MR) is 53.1 cm³/mol. The number of allylic oxidation sites excluding steroid dienone is 1. The van der Waals surface area contributed by atoms with Gasteiger partial charge in [-0.25, -0.2) is 0 Å². The Morgan fingerprint density at radius 1 is 1.42 bits per heavy atom. The lowest BCUT2D eigenvalue weighted by molar-refractivity contribution is -0.126. The van der Waals surface area contributed by atoms with Crippen LogP contribution in [0.15, 0.2) is 12.2 Å². The minimum absolute atomic E-state index is 0.296. The minimum atomic E-state index is -0.343. The first kappa shape index (κ1) is 11.4. The Hall–Kier alpha value is -0.590. The van der Waals surface area contributed by atoms with E-state index >= 15 is 0 Å². The quantitative estimate of drug-likeness (QED) is 0.589. The van der Waals surface area contributed by atoms with Crippen LogP contribution < -0.4 is 0 Å². The van der Waals surface area contributed by atoms with Crippen LogP contribution in [0.3, 0.4) is 0 Å². The molecule has 0 aliphatic heterocycles. The highest BCUT2D eigenvalue weighted by atomic mass is 16.1. The Morgan fingerprint density at radius 3 is 2.08 bits per heavy atom. The van der Waals surface area contributed by atoms with Crippen LogP contribution in [0.1, 0.15) is 41.0 Å². The topological polar surface area (TPSA) is 17.1 Å². The van der Waals surface area contributed by atoms with Crippen LogP contribution in [0.25, 0.3) is 0 Å². The third-order valence-electron chi connectivity index (χ3n) is 2.36. The fourth-order valence-corrected chi connectivity index (χ4v) is 0.864. The Kier molecular flexibility index (Phi) is 3.69. The highest BCUT2D eigenvalue weighted by Crippen LogP contribution is 2.28. The molecule has 0 aromatic rings. The van der Waals surface area contributed by atoms with Gasteiger partial charge in [-0.1, -0.05) is 26.0 Å². The molecule has 0 rings (SSSR count). The fourth-order valence-electron chi connectivity index (χ4n) is 0.864. The monoisotopic (exact) mass is 168 g/mol. The van der Waals surface area contributed by atoms with E-state index in [0.29, 0.717) is 18.1 Å². The molecule has 0 N–H and O–H groups in total. The third-order valence-corrected chi connectivity index (χ3v) is 2.36. The molecule has 1 heteroatoms. The average molecular weight is 168 g/mol. The van der Waals surface area contributed by atoms with Crippen molar-refractivity contribution in [2.45, 2.75) is 41.0 Å². The number of carbonyl (C=O) groups excluding carboxylic acids is 1. The van der Waals surface area contributed by atoms with Gasteiger partial charge in [-0.15, -0.1) is 0 Å². The Labute approximate surface area is 75.9 Å². The molecule has 0 atom stereocenters. The van der Waals surface area contributed by atoms with Crippen molar-refractivity contribution in [3.63, 3.8) is 0 Å². The lowest BCUT2D eigenvalue weighted by atomic mass is 9.79. The van der Waals surface area contributed by atoms with E-state index in [-0.39, 0.29) is 5.41 Å². The molecule has 0 heterocycles. The van der Waals surface area contributed by atoms with Crippen LogP contribution in [0.4, 0.5) is 0 Å². The average Bonchev–Trinajstić information content (AvgIpc) is 1.85. The van der Waals surface area contributed by atoms with E-state index in [1.54, 1.807) is 0 Å². The fraction of sp³-hybridized carbons (Fsp3) is 0.727. The van der Waals surface area contributed by atoms with E-state index < -0.39 is 0 Å². The molecule has 0 unspecified atom stereocenters. The summed E-state index contributed by atoms with van der Waals surface area (Å²) in [7, 11) is 0. The number of ketones is 1. The van der Waals surface area contributed by atoms with E-state index in [1.807, 2.05) is 20.8 Å². The summed E-state index contributed by atoms with van der Waals surface area (Å²) in [5.41, 5.74) is 0.609. The second-order valence-corrected chi connectivity index (χ2v) is 4.43. The first-order chi connectivity index (χ1) is 5.28. The van der Waals surface area contributed by atoms with Crippen LogP contribution in [-0.2, 0) is 4.79 Å². The molecule has 0 amide bonds. The van der Waals surface area contributed by atoms with Crippen molar-refractivity contribution >= 4 is 5.78 Å². The number of carbonyl (C=O) groups is 1. The zero-order valence-corrected chi connectivity index (χ0v) is 8.90. The number of hydrogen-bond acceptors (Lipinski definition) is 1. The Balaban J connectivity index is 4.36. The molecular formula is C11H20O. The van der Waals surface area contributed by atoms with Gasteiger partial charge < -0.3 is 0 Å². The van der Waals surface area contributed by atoms with Gasteiger partial charge in [-0.05, 0) is 26.7 Å². The van der Waals surface area contributed by atoms with E-state index in [4.69, 9.17) is 0 Å². The molecule has 0 spiro atoms. The van der Waals surface area contributed by atoms with E-state index in [2.05, 4.69) is 20.4 Å². The molecule has 0 saturated heterocycles. The summed E-state index contributed by atoms with van der Waals surface area (Å²) in [5.74, 6) is 0.737. The summed E-state index contributed by atoms with van der Waals surface area (Å²) in [6.07, 6.45) is 0.653. The van der Waals surface area contributed by atoms with Crippen LogP contribution in [0, 0.1) is 11.3 Å². The first-order valence-corrected chi connectivity index (χ1v) is 4.47. The zero-order chi connectivity index (χ0) is 9.94. The van der Waals surface area contributed by atoms with Crippen LogP contribution in [0.2, 0.25) is 0 Å². The second kappa shape index (κ2) is 3.88. The van der Waals surface area contributed by atoms with Gasteiger partial charge >= 0.3 is 0 Å². The predicted octanol–water partition coefficient (Wildman–Crippen LogP) is 3.20. The molecular weight excluding hydrogens is 148 g/mol. The molecule has 0 saturated carbocycles. The van der Waals surface area contributed by atoms with Crippen LogP contribution >= 0.6 is 0 Å². The maximum Gasteiger partial charge on any atom is 0.142 e. The number of Topliss-reactive ketones (excluding diaryl/α,β-unsaturated/α-hetero) is 1. The summed E-state index contributed by atoms with van der Waals surface area (Å²) in [6.45, 7) is 13.8. The molecule has 1 nitrogen and oxygen atoms in total. The van der Waals surface area contributed by atoms with E-state index in [0.717, 1.165) is 5.57 Å². The summed E-state index contributed by atoms with van der Waals surface area (Å²) in [6, 6.07) is 0. The maximum absolute atomic E-state index is 11.7. The summed E-state index contributed by atoms with van der Waals surface area (Å²) in [4.78, 5) is 11.7. The Bertz CT molecular complexity index is 187. The molecule has 0 aliphatic rings. The van der Waals surface area contributed by atoms with Crippen molar-refractivity contribution < 1.29 is 4.79 Å². The van der Waals surface area contributed by atoms with Crippen molar-refractivity contribution in [3.05, 3.63) is 12.2 Å². The zero-order valence-electron chi connectivity index (χ0n) is 8.90. The molecule has 0 radical (unpaired) electrons. The van der Waals surface area contributed by atoms with Gasteiger partial charge in [0.2, 0.25) is 0 Å². The largest absolute Gasteiger partial charge is 0.299 e. The lowest BCUT2D eigenvalue weighted by Crippen LogP contribution is -2.26. The Morgan fingerprint density at radius 2 is 1.83 bits per heavy atom. The molecule has 0 fully saturated rings. The molecule has 0 aliphatic carbocycles. The summed E-state index contributed by atoms with van der Waals surface area (Å²) < 4.78 is 0. The minimum Gasteiger partial charge on any atom is -0.299 e. The lowest BCUT2D eigenvalue weighted by Gasteiger charge is -2.24. The van der Waals surface area contributed by atoms with Gasteiger partial charge in [-0.2, -0.15) is 0 Å². The van der Waals surface area contributed by atoms with E-state index in [1.165, 1.54) is 0 Å². The van der Waals surface area contributed by atoms with Gasteiger partial charge in [0.1, 0.15) is 5.78 Å². The first-order valence-electron chi connectivity index (χ1n) is 4.47. The molecule has 70 valence electrons. The second-order valence-electron chi connectivity index (χ2n) is 4.43. The highest BCUT2D eigenvalue weighted by molar-refractivity contribution is 5.86. The summed E-state index contributed by atoms with van der Waals surface area (Å²) in [5, 5.41) is 0. The normalized spacial score (nSPS) is 11.8. The highest BCUT2D eigenvalue weighted by Gasteiger charge is 2.27. The number of rotatable bonds is 4. The molecule has 12 heavy (non-hydrogen) atoms. The van der Waals surface area contributed by atoms with E-state index in [9.17, 15) is 4.79 Å². The third kappa shape index (κ3) is 2.80. The maximum atomic E-state index is 11.7. The van der Waals surface area contributed by atoms with Gasteiger partial charge in [0.15, 0.2) is 0 Å². The van der Waals surface area contributed by atoms with Gasteiger partial charge in [0, 0.05) is 11.8 Å². The van der Waals surface area contributed by atoms with Crippen molar-refractivity contribution in [2.75, 3.05) is 0 Å². The smallest absolute Gasteiger partial charge is 0.142 e. The van der Waals surface area contributed by atoms with Crippen molar-refractivity contribution in [1.29, 1.82) is 0 Å². The van der Waals surface area contributed by atoms with Crippen molar-refractivity contribution in [1.82, 2.24) is 0 Å². The van der Waals surface area contributed by atoms with Crippen molar-refractivity contribution in [2.24, 2.45) is 11.3 Å². The molecule has 0 aromatic heterocycles. The van der Waals surface area contributed by atoms with Crippen LogP contribution in [0.5, 0.6) is 0 Å². The molecule has 0 aromatic carbocycles. The van der Waals surface area contributed by atoms with Crippen molar-refractivity contribution in [3.8, 4) is 0 Å².